The van der Waals surface area contributed by atoms with Crippen molar-refractivity contribution >= 4 is 17.5 Å². The molecular weight excluding hydrogens is 345 g/mol. The van der Waals surface area contributed by atoms with E-state index >= 15 is 0 Å². The van der Waals surface area contributed by atoms with Gasteiger partial charge in [-0.15, -0.1) is 0 Å². The minimum Gasteiger partial charge on any atom is -0.349 e. The standard InChI is InChI=1S/C18H19ClFN3O2/c1-18(12-4-5-12,8-11-2-6-13(20)7-3-11)10-22-17(25)15-21-9-14(19)16(24)23-15/h2-3,6-7,9,12H,4-5,8,10H2,1H3,(H,22,25)(H,21,23,24)/t18-/m1/s1. The number of amides is 1. The van der Waals surface area contributed by atoms with Crippen LogP contribution in [0.4, 0.5) is 4.39 Å². The van der Waals surface area contributed by atoms with Gasteiger partial charge >= 0.3 is 0 Å². The van der Waals surface area contributed by atoms with Gasteiger partial charge in [0.15, 0.2) is 5.82 Å². The molecule has 1 saturated carbocycles. The highest BCUT2D eigenvalue weighted by molar-refractivity contribution is 6.30. The van der Waals surface area contributed by atoms with E-state index in [1.54, 1.807) is 12.1 Å². The molecule has 2 N–H and O–H groups in total. The second-order valence-corrected chi connectivity index (χ2v) is 7.23. The Morgan fingerprint density at radius 3 is 2.68 bits per heavy atom. The molecule has 1 aliphatic carbocycles. The maximum Gasteiger partial charge on any atom is 0.287 e. The molecule has 1 heterocycles. The van der Waals surface area contributed by atoms with Crippen molar-refractivity contribution in [3.63, 3.8) is 0 Å². The van der Waals surface area contributed by atoms with E-state index in [1.807, 2.05) is 0 Å². The Morgan fingerprint density at radius 2 is 2.08 bits per heavy atom. The average Bonchev–Trinajstić information content (AvgIpc) is 3.43. The molecule has 1 amide bonds. The molecule has 7 heteroatoms. The fourth-order valence-electron chi connectivity index (χ4n) is 3.06. The number of rotatable bonds is 6. The van der Waals surface area contributed by atoms with Crippen LogP contribution in [0, 0.1) is 17.2 Å². The normalized spacial score (nSPS) is 16.3. The van der Waals surface area contributed by atoms with Crippen LogP contribution in [-0.2, 0) is 6.42 Å². The maximum atomic E-state index is 13.1. The second-order valence-electron chi connectivity index (χ2n) is 6.82. The van der Waals surface area contributed by atoms with E-state index in [9.17, 15) is 14.0 Å². The highest BCUT2D eigenvalue weighted by atomic mass is 35.5. The number of carbonyl (C=O) groups excluding carboxylic acids is 1. The Bertz CT molecular complexity index is 833. The van der Waals surface area contributed by atoms with Gasteiger partial charge in [-0.1, -0.05) is 30.7 Å². The molecule has 0 aliphatic heterocycles. The van der Waals surface area contributed by atoms with Gasteiger partial charge in [-0.05, 0) is 48.3 Å². The van der Waals surface area contributed by atoms with Crippen molar-refractivity contribution in [2.45, 2.75) is 26.2 Å². The number of aromatic amines is 1. The summed E-state index contributed by atoms with van der Waals surface area (Å²) in [4.78, 5) is 30.0. The zero-order valence-corrected chi connectivity index (χ0v) is 14.6. The van der Waals surface area contributed by atoms with Crippen LogP contribution in [0.2, 0.25) is 5.02 Å². The van der Waals surface area contributed by atoms with Crippen LogP contribution in [0.25, 0.3) is 0 Å². The Kier molecular flexibility index (Phi) is 4.90. The molecule has 1 fully saturated rings. The molecule has 0 unspecified atom stereocenters. The van der Waals surface area contributed by atoms with E-state index < -0.39 is 11.5 Å². The summed E-state index contributed by atoms with van der Waals surface area (Å²) in [6.45, 7) is 2.56. The number of hydrogen-bond donors (Lipinski definition) is 2. The molecule has 0 spiro atoms. The van der Waals surface area contributed by atoms with E-state index in [0.29, 0.717) is 12.5 Å². The number of hydrogen-bond acceptors (Lipinski definition) is 3. The van der Waals surface area contributed by atoms with Crippen molar-refractivity contribution in [3.05, 3.63) is 63.0 Å². The number of aromatic nitrogens is 2. The van der Waals surface area contributed by atoms with Gasteiger partial charge in [0.25, 0.3) is 11.5 Å². The van der Waals surface area contributed by atoms with E-state index in [2.05, 4.69) is 22.2 Å². The third-order valence-electron chi connectivity index (χ3n) is 4.71. The van der Waals surface area contributed by atoms with E-state index in [0.717, 1.165) is 31.0 Å². The smallest absolute Gasteiger partial charge is 0.287 e. The van der Waals surface area contributed by atoms with Gasteiger partial charge in [0.05, 0.1) is 6.20 Å². The molecule has 25 heavy (non-hydrogen) atoms. The van der Waals surface area contributed by atoms with Gasteiger partial charge < -0.3 is 10.3 Å². The van der Waals surface area contributed by atoms with Crippen molar-refractivity contribution in [2.75, 3.05) is 6.54 Å². The van der Waals surface area contributed by atoms with Crippen LogP contribution in [0.5, 0.6) is 0 Å². The first kappa shape index (κ1) is 17.6. The quantitative estimate of drug-likeness (QED) is 0.828. The number of carbonyl (C=O) groups is 1. The van der Waals surface area contributed by atoms with Crippen molar-refractivity contribution in [1.82, 2.24) is 15.3 Å². The second kappa shape index (κ2) is 6.96. The topological polar surface area (TPSA) is 74.8 Å². The van der Waals surface area contributed by atoms with Gasteiger partial charge in [-0.2, -0.15) is 0 Å². The van der Waals surface area contributed by atoms with Crippen LogP contribution >= 0.6 is 11.6 Å². The molecule has 1 aromatic heterocycles. The first-order valence-electron chi connectivity index (χ1n) is 8.15. The highest BCUT2D eigenvalue weighted by Crippen LogP contribution is 2.47. The molecule has 1 aliphatic rings. The summed E-state index contributed by atoms with van der Waals surface area (Å²) in [5, 5.41) is 2.79. The molecule has 132 valence electrons. The molecular formula is C18H19ClFN3O2. The lowest BCUT2D eigenvalue weighted by Gasteiger charge is -2.30. The van der Waals surface area contributed by atoms with Crippen LogP contribution in [-0.4, -0.2) is 22.4 Å². The Hall–Kier alpha value is -2.21. The lowest BCUT2D eigenvalue weighted by Crippen LogP contribution is -2.39. The zero-order valence-electron chi connectivity index (χ0n) is 13.8. The molecule has 0 bridgehead atoms. The van der Waals surface area contributed by atoms with Crippen LogP contribution < -0.4 is 10.9 Å². The number of nitrogens with one attached hydrogen (secondary N) is 2. The summed E-state index contributed by atoms with van der Waals surface area (Å²) in [6.07, 6.45) is 4.13. The van der Waals surface area contributed by atoms with Crippen molar-refractivity contribution in [1.29, 1.82) is 0 Å². The number of halogens is 2. The van der Waals surface area contributed by atoms with Gasteiger partial charge in [0.1, 0.15) is 10.8 Å². The van der Waals surface area contributed by atoms with Gasteiger partial charge in [-0.3, -0.25) is 9.59 Å². The average molecular weight is 364 g/mol. The maximum absolute atomic E-state index is 13.1. The lowest BCUT2D eigenvalue weighted by molar-refractivity contribution is 0.0915. The monoisotopic (exact) mass is 363 g/mol. The predicted octanol–water partition coefficient (Wildman–Crippen LogP) is 2.95. The lowest BCUT2D eigenvalue weighted by atomic mass is 9.79. The summed E-state index contributed by atoms with van der Waals surface area (Å²) >= 11 is 5.62. The fraction of sp³-hybridized carbons (Fsp3) is 0.389. The molecule has 0 saturated heterocycles. The van der Waals surface area contributed by atoms with E-state index in [-0.39, 0.29) is 22.1 Å². The van der Waals surface area contributed by atoms with Gasteiger partial charge in [-0.25, -0.2) is 9.37 Å². The fourth-order valence-corrected chi connectivity index (χ4v) is 3.16. The SMILES string of the molecule is C[C@](CNC(=O)c1ncc(Cl)c(=O)[nH]1)(Cc1ccc(F)cc1)C1CC1. The first-order chi connectivity index (χ1) is 11.9. The zero-order chi connectivity index (χ0) is 18.0. The van der Waals surface area contributed by atoms with Crippen molar-refractivity contribution in [3.8, 4) is 0 Å². The summed E-state index contributed by atoms with van der Waals surface area (Å²) in [5.74, 6) is -0.257. The number of H-pyrrole nitrogens is 1. The molecule has 1 aromatic carbocycles. The van der Waals surface area contributed by atoms with E-state index in [4.69, 9.17) is 11.6 Å². The Labute approximate surface area is 149 Å². The summed E-state index contributed by atoms with van der Waals surface area (Å²) < 4.78 is 13.1. The van der Waals surface area contributed by atoms with Gasteiger partial charge in [0, 0.05) is 6.54 Å². The van der Waals surface area contributed by atoms with Gasteiger partial charge in [0.2, 0.25) is 0 Å². The molecule has 0 radical (unpaired) electrons. The first-order valence-corrected chi connectivity index (χ1v) is 8.53. The minimum atomic E-state index is -0.543. The van der Waals surface area contributed by atoms with Crippen LogP contribution in [0.1, 0.15) is 35.9 Å². The Balaban J connectivity index is 1.69. The van der Waals surface area contributed by atoms with Crippen molar-refractivity contribution < 1.29 is 9.18 Å². The number of nitrogens with zero attached hydrogens (tertiary/aromatic N) is 1. The summed E-state index contributed by atoms with van der Waals surface area (Å²) in [7, 11) is 0. The van der Waals surface area contributed by atoms with Crippen molar-refractivity contribution in [2.24, 2.45) is 11.3 Å². The third-order valence-corrected chi connectivity index (χ3v) is 4.98. The summed E-state index contributed by atoms with van der Waals surface area (Å²) in [5.41, 5.74) is 0.349. The van der Waals surface area contributed by atoms with E-state index in [1.165, 1.54) is 12.1 Å². The Morgan fingerprint density at radius 1 is 1.40 bits per heavy atom. The molecule has 2 aromatic rings. The molecule has 5 nitrogen and oxygen atoms in total. The van der Waals surface area contributed by atoms with Crippen LogP contribution in [0.15, 0.2) is 35.3 Å². The van der Waals surface area contributed by atoms with Crippen LogP contribution in [0.3, 0.4) is 0 Å². The number of benzene rings is 1. The summed E-state index contributed by atoms with van der Waals surface area (Å²) in [6, 6.07) is 6.44. The largest absolute Gasteiger partial charge is 0.349 e. The minimum absolute atomic E-state index is 0.0596. The molecule has 1 atom stereocenters. The molecule has 3 rings (SSSR count). The third kappa shape index (κ3) is 4.25. The predicted molar refractivity (Wildman–Crippen MR) is 93.1 cm³/mol. The highest BCUT2D eigenvalue weighted by Gasteiger charge is 2.41.